The number of aromatic nitrogens is 3. The third kappa shape index (κ3) is 5.63. The van der Waals surface area contributed by atoms with Crippen molar-refractivity contribution in [3.8, 4) is 22.4 Å². The number of fused-ring (bicyclic) bond motifs is 4. The van der Waals surface area contributed by atoms with E-state index in [1.807, 2.05) is 24.5 Å². The molecule has 0 aliphatic carbocycles. The maximum atomic E-state index is 5.11. The molecule has 0 fully saturated rings. The Kier molecular flexibility index (Phi) is 8.14. The fraction of sp³-hybridized carbons (Fsp3) is 0. The van der Waals surface area contributed by atoms with E-state index in [0.717, 1.165) is 73.7 Å². The van der Waals surface area contributed by atoms with Gasteiger partial charge >= 0.3 is 0 Å². The second-order valence-corrected chi connectivity index (χ2v) is 14.5. The van der Waals surface area contributed by atoms with E-state index in [0.29, 0.717) is 0 Å². The molecule has 0 unspecified atom stereocenters. The van der Waals surface area contributed by atoms with Gasteiger partial charge in [0.1, 0.15) is 0 Å². The Labute approximate surface area is 338 Å². The zero-order valence-electron chi connectivity index (χ0n) is 31.5. The zero-order valence-corrected chi connectivity index (χ0v) is 31.5. The van der Waals surface area contributed by atoms with E-state index in [1.54, 1.807) is 12.4 Å². The molecule has 9 aromatic rings. The van der Waals surface area contributed by atoms with Crippen molar-refractivity contribution in [3.63, 3.8) is 0 Å². The third-order valence-corrected chi connectivity index (χ3v) is 11.2. The molecule has 58 heavy (non-hydrogen) atoms. The van der Waals surface area contributed by atoms with Crippen LogP contribution in [0.25, 0.3) is 22.4 Å². The number of hydrogen-bond acceptors (Lipinski definition) is 6. The Balaban J connectivity index is 1.15. The Morgan fingerprint density at radius 1 is 0.414 bits per heavy atom. The maximum absolute atomic E-state index is 5.11. The minimum atomic E-state index is -0.0442. The molecular formula is C51H35BN6. The average Bonchev–Trinajstić information content (AvgIpc) is 3.30. The van der Waals surface area contributed by atoms with E-state index in [9.17, 15) is 0 Å². The molecule has 0 amide bonds. The molecule has 7 heteroatoms. The lowest BCUT2D eigenvalue weighted by Crippen LogP contribution is -2.61. The van der Waals surface area contributed by atoms with Gasteiger partial charge in [-0.25, -0.2) is 4.98 Å². The van der Waals surface area contributed by atoms with Crippen molar-refractivity contribution in [3.05, 3.63) is 213 Å². The number of para-hydroxylation sites is 3. The van der Waals surface area contributed by atoms with Crippen LogP contribution in [-0.4, -0.2) is 21.7 Å². The van der Waals surface area contributed by atoms with Gasteiger partial charge in [-0.2, -0.15) is 0 Å². The number of rotatable bonds is 7. The van der Waals surface area contributed by atoms with Crippen LogP contribution in [0.5, 0.6) is 0 Å². The predicted octanol–water partition coefficient (Wildman–Crippen LogP) is 10.8. The van der Waals surface area contributed by atoms with Crippen molar-refractivity contribution in [2.45, 2.75) is 0 Å². The Bertz CT molecular complexity index is 2850. The molecule has 0 atom stereocenters. The van der Waals surface area contributed by atoms with Crippen molar-refractivity contribution < 1.29 is 0 Å². The second kappa shape index (κ2) is 14.1. The Morgan fingerprint density at radius 3 is 1.67 bits per heavy atom. The van der Waals surface area contributed by atoms with E-state index < -0.39 is 0 Å². The first kappa shape index (κ1) is 33.6. The molecule has 0 spiro atoms. The minimum absolute atomic E-state index is 0.0442. The lowest BCUT2D eigenvalue weighted by atomic mass is 9.33. The van der Waals surface area contributed by atoms with Crippen LogP contribution < -0.4 is 31.1 Å². The fourth-order valence-corrected chi connectivity index (χ4v) is 8.68. The van der Waals surface area contributed by atoms with Crippen LogP contribution in [0.1, 0.15) is 0 Å². The summed E-state index contributed by atoms with van der Waals surface area (Å²) < 4.78 is 0. The van der Waals surface area contributed by atoms with E-state index in [2.05, 4.69) is 196 Å². The summed E-state index contributed by atoms with van der Waals surface area (Å²) in [6.45, 7) is -0.0442. The summed E-state index contributed by atoms with van der Waals surface area (Å²) in [7, 11) is 0. The van der Waals surface area contributed by atoms with Gasteiger partial charge in [0, 0.05) is 63.5 Å². The standard InChI is InChI=1S/C51H35BN6/c1-5-14-36(15-6-1)38-24-26-43-48(32-38)58(50-35-54-45(34-55-50)37-28-30-53-31-29-37)47-23-13-22-46-51(47)52(43)44-27-25-42(33-49(44)57(46)41-20-11-4-12-21-41)56(39-16-7-2-8-17-39)40-18-9-3-10-19-40/h1-35H. The van der Waals surface area contributed by atoms with Crippen molar-refractivity contribution in [2.24, 2.45) is 0 Å². The van der Waals surface area contributed by atoms with E-state index in [4.69, 9.17) is 9.97 Å². The fourth-order valence-electron chi connectivity index (χ4n) is 8.68. The van der Waals surface area contributed by atoms with Gasteiger partial charge in [-0.3, -0.25) is 14.9 Å². The van der Waals surface area contributed by atoms with Crippen molar-refractivity contribution in [1.82, 2.24) is 15.0 Å². The first-order valence-corrected chi connectivity index (χ1v) is 19.5. The van der Waals surface area contributed by atoms with Gasteiger partial charge in [0.15, 0.2) is 5.82 Å². The minimum Gasteiger partial charge on any atom is -0.311 e. The van der Waals surface area contributed by atoms with Crippen LogP contribution in [0.3, 0.4) is 0 Å². The highest BCUT2D eigenvalue weighted by Gasteiger charge is 2.43. The average molecular weight is 743 g/mol. The number of nitrogens with zero attached hydrogens (tertiary/aromatic N) is 6. The SMILES string of the molecule is c1ccc(-c2ccc3c(c2)N(c2cnc(-c4ccncc4)cn2)c2cccc4c2B3c2ccc(N(c3ccccc3)c3ccccc3)cc2N4c2ccccc2)cc1. The molecule has 0 saturated carbocycles. The molecule has 0 bridgehead atoms. The molecule has 4 heterocycles. The first-order valence-electron chi connectivity index (χ1n) is 19.5. The molecule has 11 rings (SSSR count). The summed E-state index contributed by atoms with van der Waals surface area (Å²) in [5, 5.41) is 0. The lowest BCUT2D eigenvalue weighted by molar-refractivity contribution is 1.13. The van der Waals surface area contributed by atoms with Gasteiger partial charge in [-0.15, -0.1) is 0 Å². The summed E-state index contributed by atoms with van der Waals surface area (Å²) >= 11 is 0. The van der Waals surface area contributed by atoms with E-state index >= 15 is 0 Å². The number of anilines is 9. The van der Waals surface area contributed by atoms with Crippen LogP contribution in [-0.2, 0) is 0 Å². The van der Waals surface area contributed by atoms with Crippen molar-refractivity contribution >= 4 is 74.4 Å². The Morgan fingerprint density at radius 2 is 1.02 bits per heavy atom. The molecule has 2 aromatic heterocycles. The smallest absolute Gasteiger partial charge is 0.252 e. The highest BCUT2D eigenvalue weighted by atomic mass is 15.2. The van der Waals surface area contributed by atoms with Gasteiger partial charge in [0.2, 0.25) is 0 Å². The summed E-state index contributed by atoms with van der Waals surface area (Å²) in [6.07, 6.45) is 7.33. The maximum Gasteiger partial charge on any atom is 0.252 e. The summed E-state index contributed by atoms with van der Waals surface area (Å²) in [4.78, 5) is 21.3. The van der Waals surface area contributed by atoms with Crippen molar-refractivity contribution in [1.29, 1.82) is 0 Å². The highest BCUT2D eigenvalue weighted by molar-refractivity contribution is 7.00. The molecule has 2 aliphatic heterocycles. The molecular weight excluding hydrogens is 707 g/mol. The number of benzene rings is 7. The number of hydrogen-bond donors (Lipinski definition) is 0. The molecule has 6 nitrogen and oxygen atoms in total. The monoisotopic (exact) mass is 742 g/mol. The quantitative estimate of drug-likeness (QED) is 0.152. The molecule has 0 radical (unpaired) electrons. The summed E-state index contributed by atoms with van der Waals surface area (Å²) in [5.41, 5.74) is 16.6. The zero-order chi connectivity index (χ0) is 38.4. The summed E-state index contributed by atoms with van der Waals surface area (Å²) in [5.74, 6) is 0.755. The van der Waals surface area contributed by atoms with Crippen LogP contribution in [0.15, 0.2) is 213 Å². The molecule has 272 valence electrons. The normalized spacial score (nSPS) is 12.4. The summed E-state index contributed by atoms with van der Waals surface area (Å²) in [6, 6.07) is 67.0. The van der Waals surface area contributed by atoms with Crippen LogP contribution in [0, 0.1) is 0 Å². The van der Waals surface area contributed by atoms with Gasteiger partial charge in [0.25, 0.3) is 6.71 Å². The molecule has 2 aliphatic rings. The first-order chi connectivity index (χ1) is 28.8. The molecule has 7 aromatic carbocycles. The highest BCUT2D eigenvalue weighted by Crippen LogP contribution is 2.46. The molecule has 0 saturated heterocycles. The second-order valence-electron chi connectivity index (χ2n) is 14.5. The van der Waals surface area contributed by atoms with Crippen molar-refractivity contribution in [2.75, 3.05) is 14.7 Å². The largest absolute Gasteiger partial charge is 0.311 e. The Hall–Kier alpha value is -7.77. The van der Waals surface area contributed by atoms with Crippen LogP contribution in [0.2, 0.25) is 0 Å². The van der Waals surface area contributed by atoms with Gasteiger partial charge in [-0.05, 0) is 106 Å². The van der Waals surface area contributed by atoms with Gasteiger partial charge in [-0.1, -0.05) is 109 Å². The van der Waals surface area contributed by atoms with Gasteiger partial charge < -0.3 is 9.80 Å². The lowest BCUT2D eigenvalue weighted by Gasteiger charge is -2.44. The molecule has 0 N–H and O–H groups in total. The van der Waals surface area contributed by atoms with E-state index in [1.165, 1.54) is 16.4 Å². The van der Waals surface area contributed by atoms with Crippen LogP contribution in [0.4, 0.5) is 51.3 Å². The number of pyridine rings is 1. The van der Waals surface area contributed by atoms with E-state index in [-0.39, 0.29) is 6.71 Å². The van der Waals surface area contributed by atoms with Gasteiger partial charge in [0.05, 0.1) is 18.1 Å². The topological polar surface area (TPSA) is 48.4 Å². The third-order valence-electron chi connectivity index (χ3n) is 11.2. The van der Waals surface area contributed by atoms with Crippen LogP contribution >= 0.6 is 0 Å². The predicted molar refractivity (Wildman–Crippen MR) is 239 cm³/mol.